The summed E-state index contributed by atoms with van der Waals surface area (Å²) in [5.41, 5.74) is 2.46. The molecular formula is C14H18N4O. The van der Waals surface area contributed by atoms with E-state index in [1.165, 1.54) is 0 Å². The van der Waals surface area contributed by atoms with Crippen LogP contribution in [-0.2, 0) is 6.42 Å². The SMILES string of the molecule is CCCCc1cc(NC(=O)c2ccc(C)nc2)n[nH]1. The molecule has 0 atom stereocenters. The molecule has 5 nitrogen and oxygen atoms in total. The molecule has 100 valence electrons. The smallest absolute Gasteiger partial charge is 0.258 e. The number of aryl methyl sites for hydroxylation is 2. The third kappa shape index (κ3) is 3.64. The van der Waals surface area contributed by atoms with Crippen molar-refractivity contribution in [1.29, 1.82) is 0 Å². The van der Waals surface area contributed by atoms with Gasteiger partial charge in [0, 0.05) is 23.7 Å². The molecule has 2 aromatic rings. The van der Waals surface area contributed by atoms with Crippen molar-refractivity contribution in [3.05, 3.63) is 41.3 Å². The molecule has 0 spiro atoms. The Labute approximate surface area is 112 Å². The first-order valence-corrected chi connectivity index (χ1v) is 6.47. The van der Waals surface area contributed by atoms with E-state index in [4.69, 9.17) is 0 Å². The Morgan fingerprint density at radius 3 is 2.95 bits per heavy atom. The third-order valence-electron chi connectivity index (χ3n) is 2.85. The van der Waals surface area contributed by atoms with Crippen molar-refractivity contribution in [2.24, 2.45) is 0 Å². The lowest BCUT2D eigenvalue weighted by molar-refractivity contribution is 0.102. The molecule has 2 heterocycles. The average Bonchev–Trinajstić information content (AvgIpc) is 2.84. The van der Waals surface area contributed by atoms with Gasteiger partial charge >= 0.3 is 0 Å². The molecule has 0 aromatic carbocycles. The number of unbranched alkanes of at least 4 members (excludes halogenated alkanes) is 1. The van der Waals surface area contributed by atoms with Crippen molar-refractivity contribution >= 4 is 11.7 Å². The number of anilines is 1. The lowest BCUT2D eigenvalue weighted by Crippen LogP contribution is -2.12. The number of H-pyrrole nitrogens is 1. The number of rotatable bonds is 5. The minimum atomic E-state index is -0.193. The summed E-state index contributed by atoms with van der Waals surface area (Å²) >= 11 is 0. The number of amides is 1. The summed E-state index contributed by atoms with van der Waals surface area (Å²) < 4.78 is 0. The summed E-state index contributed by atoms with van der Waals surface area (Å²) in [7, 11) is 0. The van der Waals surface area contributed by atoms with Gasteiger partial charge < -0.3 is 5.32 Å². The molecule has 0 aliphatic rings. The first-order valence-electron chi connectivity index (χ1n) is 6.47. The monoisotopic (exact) mass is 258 g/mol. The van der Waals surface area contributed by atoms with Gasteiger partial charge in [-0.15, -0.1) is 0 Å². The summed E-state index contributed by atoms with van der Waals surface area (Å²) in [6.07, 6.45) is 4.76. The van der Waals surface area contributed by atoms with Crippen LogP contribution in [0.3, 0.4) is 0 Å². The fourth-order valence-electron chi connectivity index (χ4n) is 1.71. The second-order valence-corrected chi connectivity index (χ2v) is 4.52. The Morgan fingerprint density at radius 1 is 1.42 bits per heavy atom. The third-order valence-corrected chi connectivity index (χ3v) is 2.85. The van der Waals surface area contributed by atoms with Crippen molar-refractivity contribution in [2.45, 2.75) is 33.1 Å². The zero-order chi connectivity index (χ0) is 13.7. The van der Waals surface area contributed by atoms with E-state index in [1.54, 1.807) is 12.3 Å². The topological polar surface area (TPSA) is 70.7 Å². The number of aromatic nitrogens is 3. The highest BCUT2D eigenvalue weighted by Gasteiger charge is 2.08. The molecule has 19 heavy (non-hydrogen) atoms. The normalized spacial score (nSPS) is 10.4. The van der Waals surface area contributed by atoms with Crippen LogP contribution in [0.2, 0.25) is 0 Å². The molecule has 0 aliphatic carbocycles. The Morgan fingerprint density at radius 2 is 2.26 bits per heavy atom. The number of pyridine rings is 1. The van der Waals surface area contributed by atoms with Crippen LogP contribution in [0.5, 0.6) is 0 Å². The van der Waals surface area contributed by atoms with E-state index in [0.29, 0.717) is 11.4 Å². The molecule has 2 aromatic heterocycles. The van der Waals surface area contributed by atoms with Gasteiger partial charge in [0.2, 0.25) is 0 Å². The van der Waals surface area contributed by atoms with E-state index in [1.807, 2.05) is 19.1 Å². The molecular weight excluding hydrogens is 240 g/mol. The number of aromatic amines is 1. The molecule has 1 amide bonds. The molecule has 0 fully saturated rings. The van der Waals surface area contributed by atoms with Gasteiger partial charge in [0.15, 0.2) is 5.82 Å². The van der Waals surface area contributed by atoms with E-state index in [-0.39, 0.29) is 5.91 Å². The Balaban J connectivity index is 1.98. The fraction of sp³-hybridized carbons (Fsp3) is 0.357. The summed E-state index contributed by atoms with van der Waals surface area (Å²) in [6.45, 7) is 4.03. The van der Waals surface area contributed by atoms with Gasteiger partial charge in [-0.05, 0) is 31.9 Å². The summed E-state index contributed by atoms with van der Waals surface area (Å²) in [5, 5.41) is 9.75. The quantitative estimate of drug-likeness (QED) is 0.866. The van der Waals surface area contributed by atoms with E-state index >= 15 is 0 Å². The van der Waals surface area contributed by atoms with Gasteiger partial charge in [0.1, 0.15) is 0 Å². The minimum Gasteiger partial charge on any atom is -0.305 e. The molecule has 5 heteroatoms. The number of nitrogens with zero attached hydrogens (tertiary/aromatic N) is 2. The predicted octanol–water partition coefficient (Wildman–Crippen LogP) is 2.71. The maximum Gasteiger partial charge on any atom is 0.258 e. The molecule has 0 saturated carbocycles. The molecule has 0 radical (unpaired) electrons. The first-order chi connectivity index (χ1) is 9.19. The Kier molecular flexibility index (Phi) is 4.28. The van der Waals surface area contributed by atoms with Crippen molar-refractivity contribution in [3.63, 3.8) is 0 Å². The summed E-state index contributed by atoms with van der Waals surface area (Å²) in [4.78, 5) is 16.0. The second-order valence-electron chi connectivity index (χ2n) is 4.52. The molecule has 0 aliphatic heterocycles. The zero-order valence-corrected chi connectivity index (χ0v) is 11.2. The van der Waals surface area contributed by atoms with Crippen LogP contribution < -0.4 is 5.32 Å². The van der Waals surface area contributed by atoms with Crippen LogP contribution in [0.4, 0.5) is 5.82 Å². The summed E-state index contributed by atoms with van der Waals surface area (Å²) in [5.74, 6) is 0.359. The molecule has 2 N–H and O–H groups in total. The first kappa shape index (κ1) is 13.3. The van der Waals surface area contributed by atoms with Crippen LogP contribution in [-0.4, -0.2) is 21.1 Å². The minimum absolute atomic E-state index is 0.193. The van der Waals surface area contributed by atoms with Crippen LogP contribution in [0.15, 0.2) is 24.4 Å². The summed E-state index contributed by atoms with van der Waals surface area (Å²) in [6, 6.07) is 5.43. The number of hydrogen-bond donors (Lipinski definition) is 2. The highest BCUT2D eigenvalue weighted by molar-refractivity contribution is 6.03. The number of nitrogens with one attached hydrogen (secondary N) is 2. The average molecular weight is 258 g/mol. The number of hydrogen-bond acceptors (Lipinski definition) is 3. The maximum atomic E-state index is 11.9. The van der Waals surface area contributed by atoms with Crippen LogP contribution in [0.1, 0.15) is 41.5 Å². The second kappa shape index (κ2) is 6.13. The van der Waals surface area contributed by atoms with Gasteiger partial charge in [0.25, 0.3) is 5.91 Å². The lowest BCUT2D eigenvalue weighted by Gasteiger charge is -2.01. The molecule has 0 unspecified atom stereocenters. The van der Waals surface area contributed by atoms with E-state index in [2.05, 4.69) is 27.4 Å². The van der Waals surface area contributed by atoms with Crippen LogP contribution in [0, 0.1) is 6.92 Å². The van der Waals surface area contributed by atoms with Gasteiger partial charge in [0.05, 0.1) is 5.56 Å². The van der Waals surface area contributed by atoms with Crippen molar-refractivity contribution in [2.75, 3.05) is 5.32 Å². The fourth-order valence-corrected chi connectivity index (χ4v) is 1.71. The Hall–Kier alpha value is -2.17. The van der Waals surface area contributed by atoms with Crippen molar-refractivity contribution in [1.82, 2.24) is 15.2 Å². The van der Waals surface area contributed by atoms with Crippen molar-refractivity contribution in [3.8, 4) is 0 Å². The van der Waals surface area contributed by atoms with Gasteiger partial charge in [-0.25, -0.2) is 0 Å². The number of carbonyl (C=O) groups is 1. The van der Waals surface area contributed by atoms with Gasteiger partial charge in [-0.2, -0.15) is 5.10 Å². The lowest BCUT2D eigenvalue weighted by atomic mass is 10.2. The van der Waals surface area contributed by atoms with Crippen LogP contribution in [0.25, 0.3) is 0 Å². The van der Waals surface area contributed by atoms with Crippen LogP contribution >= 0.6 is 0 Å². The maximum absolute atomic E-state index is 11.9. The predicted molar refractivity (Wildman–Crippen MR) is 74.1 cm³/mol. The molecule has 0 bridgehead atoms. The van der Waals surface area contributed by atoms with Gasteiger partial charge in [-0.3, -0.25) is 14.9 Å². The largest absolute Gasteiger partial charge is 0.305 e. The van der Waals surface area contributed by atoms with E-state index in [0.717, 1.165) is 30.7 Å². The molecule has 2 rings (SSSR count). The highest BCUT2D eigenvalue weighted by atomic mass is 16.1. The molecule has 0 saturated heterocycles. The van der Waals surface area contributed by atoms with Crippen molar-refractivity contribution < 1.29 is 4.79 Å². The van der Waals surface area contributed by atoms with Gasteiger partial charge in [-0.1, -0.05) is 13.3 Å². The number of carbonyl (C=O) groups excluding carboxylic acids is 1. The van der Waals surface area contributed by atoms with E-state index in [9.17, 15) is 4.79 Å². The highest BCUT2D eigenvalue weighted by Crippen LogP contribution is 2.10. The van der Waals surface area contributed by atoms with E-state index < -0.39 is 0 Å². The zero-order valence-electron chi connectivity index (χ0n) is 11.2. The standard InChI is InChI=1S/C14H18N4O/c1-3-4-5-12-8-13(18-17-12)16-14(19)11-7-6-10(2)15-9-11/h6-9H,3-5H2,1-2H3,(H2,16,17,18,19). The Bertz CT molecular complexity index is 545.